The summed E-state index contributed by atoms with van der Waals surface area (Å²) in [4.78, 5) is 28.3. The Bertz CT molecular complexity index is 943. The van der Waals surface area contributed by atoms with Gasteiger partial charge in [0.25, 0.3) is 0 Å². The maximum absolute atomic E-state index is 12.0. The fourth-order valence-corrected chi connectivity index (χ4v) is 2.47. The zero-order valence-electron chi connectivity index (χ0n) is 15.3. The molecule has 1 aromatic heterocycles. The fraction of sp³-hybridized carbons (Fsp3) is 0.0952. The van der Waals surface area contributed by atoms with Gasteiger partial charge in [-0.1, -0.05) is 30.3 Å². The summed E-state index contributed by atoms with van der Waals surface area (Å²) in [6.07, 6.45) is 1.53. The molecule has 7 nitrogen and oxygen atoms in total. The summed E-state index contributed by atoms with van der Waals surface area (Å²) in [6, 6.07) is 19.2. The molecule has 2 aromatic carbocycles. The van der Waals surface area contributed by atoms with Crippen molar-refractivity contribution in [1.82, 2.24) is 4.98 Å². The first-order valence-electron chi connectivity index (χ1n) is 8.78. The minimum absolute atomic E-state index is 0.302. The van der Waals surface area contributed by atoms with Crippen molar-refractivity contribution >= 4 is 34.9 Å². The number of ether oxygens (including phenoxy) is 1. The monoisotopic (exact) mass is 376 g/mol. The Kier molecular flexibility index (Phi) is 6.20. The molecule has 3 aromatic rings. The standard InChI is InChI=1S/C21H20N4O3/c1-2-28-20(26)17-10-6-7-11-18(17)25-19-13-12-16(14-22-19)24-21(27)23-15-8-4-3-5-9-15/h3-14H,2H2,1H3,(H,22,25)(H2,23,24,27). The van der Waals surface area contributed by atoms with Crippen molar-refractivity contribution in [2.75, 3.05) is 22.6 Å². The molecule has 0 radical (unpaired) electrons. The van der Waals surface area contributed by atoms with Crippen LogP contribution in [0.3, 0.4) is 0 Å². The van der Waals surface area contributed by atoms with Crippen molar-refractivity contribution < 1.29 is 14.3 Å². The van der Waals surface area contributed by atoms with E-state index in [0.29, 0.717) is 35.1 Å². The largest absolute Gasteiger partial charge is 0.462 e. The second-order valence-electron chi connectivity index (χ2n) is 5.77. The topological polar surface area (TPSA) is 92.4 Å². The summed E-state index contributed by atoms with van der Waals surface area (Å²) < 4.78 is 5.06. The number of carbonyl (C=O) groups is 2. The molecule has 142 valence electrons. The van der Waals surface area contributed by atoms with Crippen molar-refractivity contribution in [2.45, 2.75) is 6.92 Å². The number of urea groups is 1. The third-order valence-electron chi connectivity index (χ3n) is 3.74. The predicted octanol–water partition coefficient (Wildman–Crippen LogP) is 4.65. The summed E-state index contributed by atoms with van der Waals surface area (Å²) >= 11 is 0. The lowest BCUT2D eigenvalue weighted by atomic mass is 10.2. The highest BCUT2D eigenvalue weighted by atomic mass is 16.5. The zero-order valence-corrected chi connectivity index (χ0v) is 15.3. The molecule has 0 aliphatic heterocycles. The van der Waals surface area contributed by atoms with Crippen LogP contribution in [0.5, 0.6) is 0 Å². The molecule has 3 rings (SSSR count). The van der Waals surface area contributed by atoms with Gasteiger partial charge in [-0.3, -0.25) is 0 Å². The molecule has 0 fully saturated rings. The molecule has 0 saturated carbocycles. The molecule has 2 amide bonds. The Balaban J connectivity index is 1.64. The summed E-state index contributed by atoms with van der Waals surface area (Å²) in [7, 11) is 0. The van der Waals surface area contributed by atoms with E-state index < -0.39 is 5.97 Å². The lowest BCUT2D eigenvalue weighted by molar-refractivity contribution is 0.0527. The van der Waals surface area contributed by atoms with Crippen LogP contribution >= 0.6 is 0 Å². The third kappa shape index (κ3) is 5.07. The molecule has 0 aliphatic rings. The number of hydrogen-bond acceptors (Lipinski definition) is 5. The van der Waals surface area contributed by atoms with Gasteiger partial charge in [0, 0.05) is 5.69 Å². The minimum Gasteiger partial charge on any atom is -0.462 e. The average Bonchev–Trinajstić information content (AvgIpc) is 2.71. The van der Waals surface area contributed by atoms with Crippen LogP contribution in [0.25, 0.3) is 0 Å². The van der Waals surface area contributed by atoms with Gasteiger partial charge >= 0.3 is 12.0 Å². The molecule has 0 bridgehead atoms. The first-order chi connectivity index (χ1) is 13.7. The first kappa shape index (κ1) is 18.9. The number of pyridine rings is 1. The second kappa shape index (κ2) is 9.18. The fourth-order valence-electron chi connectivity index (χ4n) is 2.47. The molecule has 0 saturated heterocycles. The van der Waals surface area contributed by atoms with Gasteiger partial charge in [-0.2, -0.15) is 0 Å². The number of para-hydroxylation sites is 2. The van der Waals surface area contributed by atoms with E-state index >= 15 is 0 Å². The number of rotatable bonds is 6. The molecular weight excluding hydrogens is 356 g/mol. The highest BCUT2D eigenvalue weighted by Gasteiger charge is 2.12. The summed E-state index contributed by atoms with van der Waals surface area (Å²) in [5.74, 6) is 0.132. The van der Waals surface area contributed by atoms with Gasteiger partial charge in [0.1, 0.15) is 5.82 Å². The maximum Gasteiger partial charge on any atom is 0.340 e. The van der Waals surface area contributed by atoms with E-state index in [1.54, 1.807) is 49.4 Å². The third-order valence-corrected chi connectivity index (χ3v) is 3.74. The minimum atomic E-state index is -0.401. The van der Waals surface area contributed by atoms with Gasteiger partial charge in [0.15, 0.2) is 0 Å². The Hall–Kier alpha value is -3.87. The van der Waals surface area contributed by atoms with Gasteiger partial charge < -0.3 is 20.7 Å². The SMILES string of the molecule is CCOC(=O)c1ccccc1Nc1ccc(NC(=O)Nc2ccccc2)cn1. The van der Waals surface area contributed by atoms with Crippen molar-refractivity contribution in [1.29, 1.82) is 0 Å². The smallest absolute Gasteiger partial charge is 0.340 e. The van der Waals surface area contributed by atoms with Crippen molar-refractivity contribution in [2.24, 2.45) is 0 Å². The van der Waals surface area contributed by atoms with Gasteiger partial charge in [0.05, 0.1) is 29.7 Å². The molecular formula is C21H20N4O3. The molecule has 3 N–H and O–H groups in total. The molecule has 0 unspecified atom stereocenters. The van der Waals surface area contributed by atoms with Crippen LogP contribution in [0.2, 0.25) is 0 Å². The summed E-state index contributed by atoms with van der Waals surface area (Å²) in [5, 5.41) is 8.54. The predicted molar refractivity (Wildman–Crippen MR) is 109 cm³/mol. The number of benzene rings is 2. The molecule has 1 heterocycles. The molecule has 0 aliphatic carbocycles. The van der Waals surface area contributed by atoms with E-state index in [1.807, 2.05) is 24.3 Å². The molecule has 0 atom stereocenters. The highest BCUT2D eigenvalue weighted by molar-refractivity contribution is 5.99. The van der Waals surface area contributed by atoms with Crippen LogP contribution in [0.15, 0.2) is 72.9 Å². The van der Waals surface area contributed by atoms with Crippen LogP contribution < -0.4 is 16.0 Å². The molecule has 28 heavy (non-hydrogen) atoms. The van der Waals surface area contributed by atoms with Crippen LogP contribution in [0.4, 0.5) is 27.7 Å². The van der Waals surface area contributed by atoms with E-state index in [0.717, 1.165) is 0 Å². The number of carbonyl (C=O) groups excluding carboxylic acids is 2. The highest BCUT2D eigenvalue weighted by Crippen LogP contribution is 2.21. The Labute approximate surface area is 162 Å². The number of esters is 1. The van der Waals surface area contributed by atoms with E-state index in [-0.39, 0.29) is 6.03 Å². The lowest BCUT2D eigenvalue weighted by Gasteiger charge is -2.11. The Morgan fingerprint density at radius 3 is 2.32 bits per heavy atom. The van der Waals surface area contributed by atoms with Crippen LogP contribution in [-0.2, 0) is 4.74 Å². The quantitative estimate of drug-likeness (QED) is 0.545. The average molecular weight is 376 g/mol. The number of hydrogen-bond donors (Lipinski definition) is 3. The summed E-state index contributed by atoms with van der Waals surface area (Å²) in [5.41, 5.74) is 2.26. The lowest BCUT2D eigenvalue weighted by Crippen LogP contribution is -2.19. The van der Waals surface area contributed by atoms with Crippen molar-refractivity contribution in [3.8, 4) is 0 Å². The maximum atomic E-state index is 12.0. The summed E-state index contributed by atoms with van der Waals surface area (Å²) in [6.45, 7) is 2.06. The number of aromatic nitrogens is 1. The number of nitrogens with zero attached hydrogens (tertiary/aromatic N) is 1. The van der Waals surface area contributed by atoms with Gasteiger partial charge in [-0.05, 0) is 43.3 Å². The van der Waals surface area contributed by atoms with Gasteiger partial charge in [0.2, 0.25) is 0 Å². The second-order valence-corrected chi connectivity index (χ2v) is 5.77. The number of anilines is 4. The van der Waals surface area contributed by atoms with Crippen LogP contribution in [0.1, 0.15) is 17.3 Å². The zero-order chi connectivity index (χ0) is 19.8. The number of amides is 2. The van der Waals surface area contributed by atoms with Crippen molar-refractivity contribution in [3.05, 3.63) is 78.5 Å². The van der Waals surface area contributed by atoms with E-state index in [4.69, 9.17) is 4.74 Å². The Morgan fingerprint density at radius 2 is 1.61 bits per heavy atom. The normalized spacial score (nSPS) is 10.0. The van der Waals surface area contributed by atoms with Crippen molar-refractivity contribution in [3.63, 3.8) is 0 Å². The van der Waals surface area contributed by atoms with E-state index in [9.17, 15) is 9.59 Å². The number of nitrogens with one attached hydrogen (secondary N) is 3. The van der Waals surface area contributed by atoms with Gasteiger partial charge in [-0.25, -0.2) is 14.6 Å². The molecule has 7 heteroatoms. The van der Waals surface area contributed by atoms with E-state index in [1.165, 1.54) is 6.20 Å². The van der Waals surface area contributed by atoms with Crippen LogP contribution in [0, 0.1) is 0 Å². The first-order valence-corrected chi connectivity index (χ1v) is 8.78. The van der Waals surface area contributed by atoms with Crippen LogP contribution in [-0.4, -0.2) is 23.6 Å². The molecule has 0 spiro atoms. The Morgan fingerprint density at radius 1 is 0.893 bits per heavy atom. The van der Waals surface area contributed by atoms with E-state index in [2.05, 4.69) is 20.9 Å². The van der Waals surface area contributed by atoms with Gasteiger partial charge in [-0.15, -0.1) is 0 Å².